The Morgan fingerprint density at radius 1 is 1.02 bits per heavy atom. The quantitative estimate of drug-likeness (QED) is 0.351. The first-order valence-corrected chi connectivity index (χ1v) is 15.5. The van der Waals surface area contributed by atoms with Crippen molar-refractivity contribution in [2.45, 2.75) is 117 Å². The van der Waals surface area contributed by atoms with Crippen LogP contribution in [0.4, 0.5) is 11.8 Å². The van der Waals surface area contributed by atoms with Crippen LogP contribution in [0.1, 0.15) is 98.8 Å². The number of aromatic nitrogens is 6. The van der Waals surface area contributed by atoms with E-state index in [2.05, 4.69) is 59.5 Å². The molecular formula is C30H46N8O2. The highest BCUT2D eigenvalue weighted by atomic mass is 16.5. The van der Waals surface area contributed by atoms with E-state index in [-0.39, 0.29) is 17.3 Å². The summed E-state index contributed by atoms with van der Waals surface area (Å²) in [5, 5.41) is 6.36. The van der Waals surface area contributed by atoms with Crippen LogP contribution in [0.15, 0.2) is 9.32 Å². The van der Waals surface area contributed by atoms with Crippen LogP contribution in [0.2, 0.25) is 0 Å². The number of imidazole rings is 1. The largest absolute Gasteiger partial charge is 0.460 e. The predicted molar refractivity (Wildman–Crippen MR) is 157 cm³/mol. The van der Waals surface area contributed by atoms with Gasteiger partial charge in [-0.25, -0.2) is 14.8 Å². The van der Waals surface area contributed by atoms with Gasteiger partial charge in [-0.1, -0.05) is 47.0 Å². The number of anilines is 2. The van der Waals surface area contributed by atoms with Crippen LogP contribution in [0.5, 0.6) is 0 Å². The van der Waals surface area contributed by atoms with Gasteiger partial charge in [0.15, 0.2) is 11.5 Å². The average molecular weight is 551 g/mol. The number of hydrogen-bond donors (Lipinski definition) is 2. The second-order valence-corrected chi connectivity index (χ2v) is 14.0. The van der Waals surface area contributed by atoms with E-state index >= 15 is 0 Å². The van der Waals surface area contributed by atoms with Gasteiger partial charge in [-0.15, -0.1) is 4.98 Å². The maximum atomic E-state index is 11.7. The molecule has 218 valence electrons. The Labute approximate surface area is 236 Å². The fourth-order valence-corrected chi connectivity index (χ4v) is 7.01. The van der Waals surface area contributed by atoms with Crippen molar-refractivity contribution >= 4 is 22.9 Å². The third-order valence-corrected chi connectivity index (χ3v) is 9.51. The van der Waals surface area contributed by atoms with Crippen molar-refractivity contribution in [1.29, 1.82) is 0 Å². The van der Waals surface area contributed by atoms with Crippen LogP contribution in [-0.4, -0.2) is 48.3 Å². The number of H-pyrrole nitrogens is 1. The molecule has 2 N–H and O–H groups in total. The van der Waals surface area contributed by atoms with Crippen LogP contribution >= 0.6 is 0 Å². The third kappa shape index (κ3) is 5.63. The SMILES string of the molecule is C[C@@H](Nc1nc(-c2nc(=O)o[nH]2)nc2nc(N3CCCC3CC(C)(C)C)n(C[C@H]3CC[C@H](C)CC3)c12)C1CCC1. The summed E-state index contributed by atoms with van der Waals surface area (Å²) < 4.78 is 7.30. The van der Waals surface area contributed by atoms with Gasteiger partial charge >= 0.3 is 5.76 Å². The summed E-state index contributed by atoms with van der Waals surface area (Å²) in [5.74, 6) is 3.71. The van der Waals surface area contributed by atoms with E-state index in [1.807, 2.05) is 0 Å². The van der Waals surface area contributed by atoms with Gasteiger partial charge in [0.2, 0.25) is 17.6 Å². The van der Waals surface area contributed by atoms with Gasteiger partial charge in [0.25, 0.3) is 0 Å². The molecule has 0 spiro atoms. The maximum absolute atomic E-state index is 11.7. The van der Waals surface area contributed by atoms with E-state index in [9.17, 15) is 4.79 Å². The molecule has 0 radical (unpaired) electrons. The van der Waals surface area contributed by atoms with Gasteiger partial charge in [-0.2, -0.15) is 10.1 Å². The zero-order valence-corrected chi connectivity index (χ0v) is 24.9. The first-order chi connectivity index (χ1) is 19.1. The number of rotatable bonds is 8. The molecule has 0 aromatic carbocycles. The molecule has 10 heteroatoms. The summed E-state index contributed by atoms with van der Waals surface area (Å²) in [6.07, 6.45) is 12.3. The minimum atomic E-state index is -0.684. The molecule has 2 aliphatic carbocycles. The van der Waals surface area contributed by atoms with E-state index in [0.717, 1.165) is 42.7 Å². The molecule has 2 atom stereocenters. The number of nitrogens with one attached hydrogen (secondary N) is 2. The smallest absolute Gasteiger partial charge is 0.365 e. The van der Waals surface area contributed by atoms with Gasteiger partial charge in [0.05, 0.1) is 0 Å². The summed E-state index contributed by atoms with van der Waals surface area (Å²) in [6, 6.07) is 0.727. The standard InChI is InChI=1S/C30H46N8O2/c1-18-11-13-20(14-12-18)17-38-23-24(31-19(2)21-8-6-9-21)32-26(27-35-29(39)40-36-27)33-25(23)34-28(38)37-15-7-10-22(37)16-30(3,4)5/h18-22H,6-17H2,1-5H3,(H,31,32,33)(H,35,36,39)/t18-,19-,20-,22?/m1/s1. The molecule has 1 saturated heterocycles. The van der Waals surface area contributed by atoms with Gasteiger partial charge in [0, 0.05) is 25.2 Å². The number of fused-ring (bicyclic) bond motifs is 1. The summed E-state index contributed by atoms with van der Waals surface area (Å²) in [5.41, 5.74) is 1.86. The Kier molecular flexibility index (Phi) is 7.38. The lowest BCUT2D eigenvalue weighted by Crippen LogP contribution is -2.35. The fourth-order valence-electron chi connectivity index (χ4n) is 7.01. The molecule has 6 rings (SSSR count). The Hall–Kier alpha value is -2.91. The fraction of sp³-hybridized carbons (Fsp3) is 0.767. The van der Waals surface area contributed by atoms with Crippen molar-refractivity contribution in [2.24, 2.45) is 23.2 Å². The normalized spacial score (nSPS) is 24.9. The highest BCUT2D eigenvalue weighted by molar-refractivity contribution is 5.87. The lowest BCUT2D eigenvalue weighted by atomic mass is 9.80. The highest BCUT2D eigenvalue weighted by Gasteiger charge is 2.34. The molecule has 3 aromatic rings. The highest BCUT2D eigenvalue weighted by Crippen LogP contribution is 2.39. The monoisotopic (exact) mass is 550 g/mol. The summed E-state index contributed by atoms with van der Waals surface area (Å²) in [4.78, 5) is 33.3. The molecule has 3 aromatic heterocycles. The van der Waals surface area contributed by atoms with Crippen molar-refractivity contribution in [3.8, 4) is 11.6 Å². The third-order valence-electron chi connectivity index (χ3n) is 9.51. The molecule has 1 aliphatic heterocycles. The molecule has 1 unspecified atom stereocenters. The zero-order chi connectivity index (χ0) is 28.0. The van der Waals surface area contributed by atoms with E-state index < -0.39 is 5.76 Å². The minimum Gasteiger partial charge on any atom is -0.365 e. The first-order valence-electron chi connectivity index (χ1n) is 15.5. The second-order valence-electron chi connectivity index (χ2n) is 14.0. The molecule has 0 bridgehead atoms. The van der Waals surface area contributed by atoms with Crippen LogP contribution < -0.4 is 16.0 Å². The predicted octanol–water partition coefficient (Wildman–Crippen LogP) is 6.00. The number of nitrogens with zero attached hydrogens (tertiary/aromatic N) is 6. The second kappa shape index (κ2) is 10.8. The maximum Gasteiger partial charge on any atom is 0.460 e. The van der Waals surface area contributed by atoms with Crippen molar-refractivity contribution < 1.29 is 4.52 Å². The van der Waals surface area contributed by atoms with E-state index in [4.69, 9.17) is 19.5 Å². The average Bonchev–Trinajstić information content (AvgIpc) is 3.57. The molecule has 2 saturated carbocycles. The lowest BCUT2D eigenvalue weighted by Gasteiger charge is -2.33. The van der Waals surface area contributed by atoms with E-state index in [1.165, 1.54) is 57.8 Å². The van der Waals surface area contributed by atoms with Crippen LogP contribution in [-0.2, 0) is 6.54 Å². The van der Waals surface area contributed by atoms with Crippen LogP contribution in [0.3, 0.4) is 0 Å². The molecule has 3 aliphatic rings. The Bertz CT molecular complexity index is 1370. The van der Waals surface area contributed by atoms with Gasteiger partial charge < -0.3 is 19.3 Å². The number of hydrogen-bond acceptors (Lipinski definition) is 8. The van der Waals surface area contributed by atoms with E-state index in [1.54, 1.807) is 0 Å². The summed E-state index contributed by atoms with van der Waals surface area (Å²) in [6.45, 7) is 13.5. The first kappa shape index (κ1) is 27.3. The van der Waals surface area contributed by atoms with Gasteiger partial charge in [-0.05, 0) is 75.0 Å². The molecule has 4 heterocycles. The topological polar surface area (TPSA) is 118 Å². The Morgan fingerprint density at radius 3 is 2.45 bits per heavy atom. The van der Waals surface area contributed by atoms with Crippen LogP contribution in [0.25, 0.3) is 22.8 Å². The number of aromatic amines is 1. The Morgan fingerprint density at radius 2 is 1.80 bits per heavy atom. The van der Waals surface area contributed by atoms with Crippen molar-refractivity contribution in [1.82, 2.24) is 29.7 Å². The molecule has 3 fully saturated rings. The minimum absolute atomic E-state index is 0.232. The van der Waals surface area contributed by atoms with Gasteiger partial charge in [-0.3, -0.25) is 0 Å². The lowest BCUT2D eigenvalue weighted by molar-refractivity contribution is 0.266. The molecular weight excluding hydrogens is 504 g/mol. The molecule has 40 heavy (non-hydrogen) atoms. The zero-order valence-electron chi connectivity index (χ0n) is 24.9. The van der Waals surface area contributed by atoms with Crippen molar-refractivity contribution in [3.63, 3.8) is 0 Å². The summed E-state index contributed by atoms with van der Waals surface area (Å²) >= 11 is 0. The van der Waals surface area contributed by atoms with E-state index in [0.29, 0.717) is 29.3 Å². The summed E-state index contributed by atoms with van der Waals surface area (Å²) in [7, 11) is 0. The van der Waals surface area contributed by atoms with Crippen molar-refractivity contribution in [2.75, 3.05) is 16.8 Å². The van der Waals surface area contributed by atoms with Crippen LogP contribution in [0, 0.1) is 23.2 Å². The van der Waals surface area contributed by atoms with Crippen molar-refractivity contribution in [3.05, 3.63) is 10.6 Å². The Balaban J connectivity index is 1.47. The molecule has 0 amide bonds. The molecule has 10 nitrogen and oxygen atoms in total. The van der Waals surface area contributed by atoms with Gasteiger partial charge in [0.1, 0.15) is 5.52 Å².